The zero-order valence-corrected chi connectivity index (χ0v) is 16.3. The van der Waals surface area contributed by atoms with E-state index in [4.69, 9.17) is 11.6 Å². The SMILES string of the molecule is CC(C)C(NC(=O)c1ccc(Cl)cc1)C(=O)NCC1CCCNC1.Cl. The highest BCUT2D eigenvalue weighted by molar-refractivity contribution is 6.30. The summed E-state index contributed by atoms with van der Waals surface area (Å²) in [5.41, 5.74) is 0.495. The van der Waals surface area contributed by atoms with Crippen LogP contribution in [0.15, 0.2) is 24.3 Å². The van der Waals surface area contributed by atoms with Gasteiger partial charge < -0.3 is 16.0 Å². The highest BCUT2D eigenvalue weighted by Gasteiger charge is 2.25. The van der Waals surface area contributed by atoms with Gasteiger partial charge in [0.05, 0.1) is 0 Å². The van der Waals surface area contributed by atoms with Gasteiger partial charge in [-0.2, -0.15) is 0 Å². The van der Waals surface area contributed by atoms with Gasteiger partial charge >= 0.3 is 0 Å². The van der Waals surface area contributed by atoms with Crippen molar-refractivity contribution in [3.63, 3.8) is 0 Å². The van der Waals surface area contributed by atoms with Gasteiger partial charge in [0, 0.05) is 17.1 Å². The van der Waals surface area contributed by atoms with Gasteiger partial charge in [-0.15, -0.1) is 12.4 Å². The van der Waals surface area contributed by atoms with Crippen molar-refractivity contribution in [2.24, 2.45) is 11.8 Å². The number of amides is 2. The van der Waals surface area contributed by atoms with Crippen LogP contribution in [0.25, 0.3) is 0 Å². The summed E-state index contributed by atoms with van der Waals surface area (Å²) in [6.07, 6.45) is 2.26. The standard InChI is InChI=1S/C18H26ClN3O2.ClH/c1-12(2)16(18(24)21-11-13-4-3-9-20-10-13)22-17(23)14-5-7-15(19)8-6-14;/h5-8,12-13,16,20H,3-4,9-11H2,1-2H3,(H,21,24)(H,22,23);1H. The number of hydrogen-bond acceptors (Lipinski definition) is 3. The van der Waals surface area contributed by atoms with Crippen molar-refractivity contribution in [3.05, 3.63) is 34.9 Å². The van der Waals surface area contributed by atoms with Crippen molar-refractivity contribution in [1.82, 2.24) is 16.0 Å². The van der Waals surface area contributed by atoms with Crippen LogP contribution in [0.5, 0.6) is 0 Å². The second kappa shape index (κ2) is 10.6. The Hall–Kier alpha value is -1.30. The average molecular weight is 388 g/mol. The molecule has 2 rings (SSSR count). The molecule has 0 spiro atoms. The molecule has 0 saturated carbocycles. The first kappa shape index (κ1) is 21.7. The second-order valence-electron chi connectivity index (χ2n) is 6.66. The van der Waals surface area contributed by atoms with Crippen LogP contribution in [0.4, 0.5) is 0 Å². The number of halogens is 2. The van der Waals surface area contributed by atoms with Crippen LogP contribution in [0.1, 0.15) is 37.0 Å². The Morgan fingerprint density at radius 1 is 1.28 bits per heavy atom. The summed E-state index contributed by atoms with van der Waals surface area (Å²) in [5, 5.41) is 9.73. The Labute approximate surface area is 160 Å². The first-order valence-corrected chi connectivity index (χ1v) is 8.90. The summed E-state index contributed by atoms with van der Waals surface area (Å²) >= 11 is 5.84. The molecule has 1 aliphatic rings. The van der Waals surface area contributed by atoms with Crippen molar-refractivity contribution in [3.8, 4) is 0 Å². The minimum Gasteiger partial charge on any atom is -0.354 e. The molecule has 0 radical (unpaired) electrons. The first-order chi connectivity index (χ1) is 11.5. The molecule has 1 aromatic carbocycles. The summed E-state index contributed by atoms with van der Waals surface area (Å²) in [5.74, 6) is 0.0750. The number of piperidine rings is 1. The van der Waals surface area contributed by atoms with E-state index >= 15 is 0 Å². The van der Waals surface area contributed by atoms with E-state index in [1.54, 1.807) is 24.3 Å². The first-order valence-electron chi connectivity index (χ1n) is 8.52. The van der Waals surface area contributed by atoms with Crippen molar-refractivity contribution in [1.29, 1.82) is 0 Å². The topological polar surface area (TPSA) is 70.2 Å². The lowest BCUT2D eigenvalue weighted by Crippen LogP contribution is -2.51. The maximum absolute atomic E-state index is 12.5. The number of nitrogens with one attached hydrogen (secondary N) is 3. The van der Waals surface area contributed by atoms with Crippen molar-refractivity contribution < 1.29 is 9.59 Å². The highest BCUT2D eigenvalue weighted by atomic mass is 35.5. The Bertz CT molecular complexity index is 558. The summed E-state index contributed by atoms with van der Waals surface area (Å²) in [7, 11) is 0. The van der Waals surface area contributed by atoms with E-state index in [0.717, 1.165) is 25.9 Å². The fourth-order valence-electron chi connectivity index (χ4n) is 2.81. The van der Waals surface area contributed by atoms with E-state index in [1.165, 1.54) is 0 Å². The van der Waals surface area contributed by atoms with E-state index in [0.29, 0.717) is 23.0 Å². The second-order valence-corrected chi connectivity index (χ2v) is 7.10. The third kappa shape index (κ3) is 6.84. The zero-order chi connectivity index (χ0) is 17.5. The molecule has 140 valence electrons. The molecule has 1 aliphatic heterocycles. The van der Waals surface area contributed by atoms with Crippen molar-refractivity contribution >= 4 is 35.8 Å². The third-order valence-electron chi connectivity index (χ3n) is 4.31. The van der Waals surface area contributed by atoms with Crippen LogP contribution in [0, 0.1) is 11.8 Å². The lowest BCUT2D eigenvalue weighted by Gasteiger charge is -2.26. The van der Waals surface area contributed by atoms with Gasteiger partial charge in [-0.05, 0) is 62.0 Å². The van der Waals surface area contributed by atoms with Gasteiger partial charge in [0.25, 0.3) is 5.91 Å². The maximum atomic E-state index is 12.5. The number of carbonyl (C=O) groups excluding carboxylic acids is 2. The predicted molar refractivity (Wildman–Crippen MR) is 103 cm³/mol. The quantitative estimate of drug-likeness (QED) is 0.702. The lowest BCUT2D eigenvalue weighted by atomic mass is 9.98. The van der Waals surface area contributed by atoms with Gasteiger partial charge in [-0.3, -0.25) is 9.59 Å². The molecule has 0 aromatic heterocycles. The fourth-order valence-corrected chi connectivity index (χ4v) is 2.94. The molecule has 0 bridgehead atoms. The van der Waals surface area contributed by atoms with E-state index in [-0.39, 0.29) is 30.1 Å². The Morgan fingerprint density at radius 2 is 1.96 bits per heavy atom. The molecule has 1 heterocycles. The molecule has 2 unspecified atom stereocenters. The minimum absolute atomic E-state index is 0. The van der Waals surface area contributed by atoms with Crippen molar-refractivity contribution in [2.75, 3.05) is 19.6 Å². The van der Waals surface area contributed by atoms with Crippen LogP contribution in [0.3, 0.4) is 0 Å². The summed E-state index contributed by atoms with van der Waals surface area (Å²) in [6, 6.07) is 6.08. The molecule has 5 nitrogen and oxygen atoms in total. The van der Waals surface area contributed by atoms with Gasteiger partial charge in [0.1, 0.15) is 6.04 Å². The fraction of sp³-hybridized carbons (Fsp3) is 0.556. The molecular formula is C18H27Cl2N3O2. The zero-order valence-electron chi connectivity index (χ0n) is 14.7. The molecule has 1 fully saturated rings. The van der Waals surface area contributed by atoms with Crippen LogP contribution < -0.4 is 16.0 Å². The average Bonchev–Trinajstić information content (AvgIpc) is 2.58. The largest absolute Gasteiger partial charge is 0.354 e. The predicted octanol–water partition coefficient (Wildman–Crippen LogP) is 2.63. The van der Waals surface area contributed by atoms with Crippen molar-refractivity contribution in [2.45, 2.75) is 32.7 Å². The molecule has 7 heteroatoms. The van der Waals surface area contributed by atoms with E-state index in [2.05, 4.69) is 16.0 Å². The molecule has 2 atom stereocenters. The number of hydrogen-bond donors (Lipinski definition) is 3. The Morgan fingerprint density at radius 3 is 2.52 bits per heavy atom. The summed E-state index contributed by atoms with van der Waals surface area (Å²) < 4.78 is 0. The van der Waals surface area contributed by atoms with Gasteiger partial charge in [-0.1, -0.05) is 25.4 Å². The van der Waals surface area contributed by atoms with Gasteiger partial charge in [0.15, 0.2) is 0 Å². The number of benzene rings is 1. The normalized spacial score (nSPS) is 18.2. The van der Waals surface area contributed by atoms with E-state index in [9.17, 15) is 9.59 Å². The Kier molecular flexibility index (Phi) is 9.25. The molecule has 3 N–H and O–H groups in total. The monoisotopic (exact) mass is 387 g/mol. The van der Waals surface area contributed by atoms with Gasteiger partial charge in [0.2, 0.25) is 5.91 Å². The molecular weight excluding hydrogens is 361 g/mol. The smallest absolute Gasteiger partial charge is 0.251 e. The summed E-state index contributed by atoms with van der Waals surface area (Å²) in [4.78, 5) is 24.8. The molecule has 0 aliphatic carbocycles. The lowest BCUT2D eigenvalue weighted by molar-refractivity contribution is -0.124. The van der Waals surface area contributed by atoms with E-state index < -0.39 is 6.04 Å². The van der Waals surface area contributed by atoms with Gasteiger partial charge in [-0.25, -0.2) is 0 Å². The van der Waals surface area contributed by atoms with E-state index in [1.807, 2.05) is 13.8 Å². The Balaban J connectivity index is 0.00000312. The molecule has 1 saturated heterocycles. The van der Waals surface area contributed by atoms with Crippen LogP contribution in [-0.2, 0) is 4.79 Å². The number of carbonyl (C=O) groups is 2. The molecule has 25 heavy (non-hydrogen) atoms. The van der Waals surface area contributed by atoms with Crippen LogP contribution >= 0.6 is 24.0 Å². The minimum atomic E-state index is -0.551. The molecule has 1 aromatic rings. The molecule has 2 amide bonds. The number of rotatable bonds is 6. The summed E-state index contributed by atoms with van der Waals surface area (Å²) in [6.45, 7) is 6.48. The van der Waals surface area contributed by atoms with Crippen LogP contribution in [-0.4, -0.2) is 37.5 Å². The third-order valence-corrected chi connectivity index (χ3v) is 4.56. The van der Waals surface area contributed by atoms with Crippen LogP contribution in [0.2, 0.25) is 5.02 Å². The maximum Gasteiger partial charge on any atom is 0.251 e. The highest BCUT2D eigenvalue weighted by Crippen LogP contribution is 2.11.